The molecule has 40 heavy (non-hydrogen) atoms. The van der Waals surface area contributed by atoms with E-state index in [1.807, 2.05) is 107 Å². The maximum absolute atomic E-state index is 12.7. The van der Waals surface area contributed by atoms with Crippen molar-refractivity contribution in [3.8, 4) is 22.4 Å². The highest BCUT2D eigenvalue weighted by atomic mass is 16.6. The summed E-state index contributed by atoms with van der Waals surface area (Å²) in [7, 11) is 0. The molecule has 1 heterocycles. The van der Waals surface area contributed by atoms with Gasteiger partial charge in [0.1, 0.15) is 18.0 Å². The van der Waals surface area contributed by atoms with Gasteiger partial charge in [0.25, 0.3) is 0 Å². The molecule has 0 saturated carbocycles. The normalized spacial score (nSPS) is 11.1. The van der Waals surface area contributed by atoms with Crippen LogP contribution in [0.5, 0.6) is 0 Å². The van der Waals surface area contributed by atoms with Gasteiger partial charge in [0, 0.05) is 12.2 Å². The van der Waals surface area contributed by atoms with Gasteiger partial charge in [-0.05, 0) is 61.6 Å². The van der Waals surface area contributed by atoms with Crippen LogP contribution in [0.4, 0.5) is 15.3 Å². The fourth-order valence-corrected chi connectivity index (χ4v) is 4.13. The molecule has 1 aromatic heterocycles. The number of amides is 2. The molecule has 0 fully saturated rings. The first-order valence-corrected chi connectivity index (χ1v) is 13.4. The van der Waals surface area contributed by atoms with Gasteiger partial charge in [-0.2, -0.15) is 0 Å². The third-order valence-corrected chi connectivity index (χ3v) is 5.96. The maximum Gasteiger partial charge on any atom is 0.412 e. The number of benzene rings is 3. The molecule has 0 aliphatic carbocycles. The molecular weight excluding hydrogens is 504 g/mol. The summed E-state index contributed by atoms with van der Waals surface area (Å²) >= 11 is 0. The number of aromatic amines is 1. The zero-order valence-electron chi connectivity index (χ0n) is 23.4. The summed E-state index contributed by atoms with van der Waals surface area (Å²) in [5.41, 5.74) is 4.84. The van der Waals surface area contributed by atoms with E-state index in [1.165, 1.54) is 0 Å². The molecule has 4 rings (SSSR count). The Hall–Kier alpha value is -4.59. The summed E-state index contributed by atoms with van der Waals surface area (Å²) in [6.45, 7) is 8.64. The minimum Gasteiger partial charge on any atom is -0.445 e. The minimum atomic E-state index is -0.565. The SMILES string of the molecule is CCCN(Cc1ncc(-c2ccc(-c3cccc(NC(=O)OC(C)(C)C)c3)cc2)[nH]1)C(=O)OCc1ccccc1. The molecule has 0 radical (unpaired) electrons. The van der Waals surface area contributed by atoms with E-state index in [1.54, 1.807) is 11.1 Å². The van der Waals surface area contributed by atoms with Crippen LogP contribution in [0.25, 0.3) is 22.4 Å². The molecule has 0 unspecified atom stereocenters. The molecule has 0 atom stereocenters. The fourth-order valence-electron chi connectivity index (χ4n) is 4.13. The quantitative estimate of drug-likeness (QED) is 0.227. The molecule has 0 aliphatic rings. The molecule has 8 heteroatoms. The summed E-state index contributed by atoms with van der Waals surface area (Å²) < 4.78 is 10.9. The molecule has 8 nitrogen and oxygen atoms in total. The lowest BCUT2D eigenvalue weighted by Gasteiger charge is -2.20. The first-order valence-electron chi connectivity index (χ1n) is 13.4. The highest BCUT2D eigenvalue weighted by Gasteiger charge is 2.18. The maximum atomic E-state index is 12.7. The molecule has 0 aliphatic heterocycles. The van der Waals surface area contributed by atoms with Gasteiger partial charge in [-0.15, -0.1) is 0 Å². The summed E-state index contributed by atoms with van der Waals surface area (Å²) in [5, 5.41) is 2.79. The Morgan fingerprint density at radius 1 is 0.925 bits per heavy atom. The summed E-state index contributed by atoms with van der Waals surface area (Å²) in [5.74, 6) is 0.685. The minimum absolute atomic E-state index is 0.232. The van der Waals surface area contributed by atoms with Crippen LogP contribution in [0, 0.1) is 0 Å². The Morgan fingerprint density at radius 2 is 1.65 bits per heavy atom. The van der Waals surface area contributed by atoms with Gasteiger partial charge in [0.05, 0.1) is 18.4 Å². The van der Waals surface area contributed by atoms with Gasteiger partial charge >= 0.3 is 12.2 Å². The van der Waals surface area contributed by atoms with Crippen LogP contribution in [0.3, 0.4) is 0 Å². The molecule has 2 N–H and O–H groups in total. The van der Waals surface area contributed by atoms with Crippen molar-refractivity contribution < 1.29 is 19.1 Å². The average molecular weight is 541 g/mol. The Balaban J connectivity index is 1.39. The van der Waals surface area contributed by atoms with Gasteiger partial charge in [-0.3, -0.25) is 5.32 Å². The summed E-state index contributed by atoms with van der Waals surface area (Å²) in [6, 6.07) is 25.3. The molecule has 0 saturated heterocycles. The summed E-state index contributed by atoms with van der Waals surface area (Å²) in [4.78, 5) is 34.4. The predicted molar refractivity (Wildman–Crippen MR) is 157 cm³/mol. The largest absolute Gasteiger partial charge is 0.445 e. The third kappa shape index (κ3) is 8.20. The molecule has 4 aromatic rings. The number of nitrogens with one attached hydrogen (secondary N) is 2. The Labute approximate surface area is 235 Å². The van der Waals surface area contributed by atoms with Crippen LogP contribution in [0.1, 0.15) is 45.5 Å². The van der Waals surface area contributed by atoms with E-state index in [4.69, 9.17) is 9.47 Å². The topological polar surface area (TPSA) is 96.5 Å². The van der Waals surface area contributed by atoms with Crippen LogP contribution < -0.4 is 5.32 Å². The number of ether oxygens (including phenoxy) is 2. The number of anilines is 1. The number of nitrogens with zero attached hydrogens (tertiary/aromatic N) is 2. The van der Waals surface area contributed by atoms with Crippen molar-refractivity contribution in [1.29, 1.82) is 0 Å². The van der Waals surface area contributed by atoms with Crippen LogP contribution in [0.15, 0.2) is 85.1 Å². The molecule has 2 amide bonds. The molecule has 0 bridgehead atoms. The summed E-state index contributed by atoms with van der Waals surface area (Å²) in [6.07, 6.45) is 1.73. The van der Waals surface area contributed by atoms with Crippen LogP contribution in [0.2, 0.25) is 0 Å². The highest BCUT2D eigenvalue weighted by Crippen LogP contribution is 2.26. The van der Waals surface area contributed by atoms with Crippen molar-refractivity contribution >= 4 is 17.9 Å². The van der Waals surface area contributed by atoms with Crippen LogP contribution >= 0.6 is 0 Å². The number of carbonyl (C=O) groups is 2. The second-order valence-corrected chi connectivity index (χ2v) is 10.5. The number of imidazole rings is 1. The van der Waals surface area contributed by atoms with E-state index < -0.39 is 11.7 Å². The third-order valence-electron chi connectivity index (χ3n) is 5.96. The van der Waals surface area contributed by atoms with Gasteiger partial charge in [-0.1, -0.05) is 73.7 Å². The van der Waals surface area contributed by atoms with E-state index in [0.717, 1.165) is 34.4 Å². The number of rotatable bonds is 9. The monoisotopic (exact) mass is 540 g/mol. The zero-order valence-corrected chi connectivity index (χ0v) is 23.4. The molecule has 3 aromatic carbocycles. The smallest absolute Gasteiger partial charge is 0.412 e. The van der Waals surface area contributed by atoms with Gasteiger partial charge in [0.2, 0.25) is 0 Å². The van der Waals surface area contributed by atoms with Crippen molar-refractivity contribution in [2.45, 2.75) is 52.9 Å². The Bertz CT molecular complexity index is 1410. The molecule has 0 spiro atoms. The second kappa shape index (κ2) is 13.0. The Kier molecular flexibility index (Phi) is 9.22. The van der Waals surface area contributed by atoms with Crippen molar-refractivity contribution in [1.82, 2.24) is 14.9 Å². The number of aromatic nitrogens is 2. The number of H-pyrrole nitrogens is 1. The predicted octanol–water partition coefficient (Wildman–Crippen LogP) is 7.64. The molecular formula is C32H36N4O4. The standard InChI is InChI=1S/C32H36N4O4/c1-5-18-36(31(38)39-22-23-10-7-6-8-11-23)21-29-33-20-28(35-29)25-16-14-24(15-17-25)26-12-9-13-27(19-26)34-30(37)40-32(2,3)4/h6-17,19-20H,5,18,21-22H2,1-4H3,(H,33,35)(H,34,37). The lowest BCUT2D eigenvalue weighted by atomic mass is 10.0. The van der Waals surface area contributed by atoms with E-state index >= 15 is 0 Å². The number of hydrogen-bond donors (Lipinski definition) is 2. The average Bonchev–Trinajstić information content (AvgIpc) is 3.40. The fraction of sp³-hybridized carbons (Fsp3) is 0.281. The number of hydrogen-bond acceptors (Lipinski definition) is 5. The number of carbonyl (C=O) groups excluding carboxylic acids is 2. The zero-order chi connectivity index (χ0) is 28.5. The second-order valence-electron chi connectivity index (χ2n) is 10.5. The van der Waals surface area contributed by atoms with E-state index in [9.17, 15) is 9.59 Å². The lowest BCUT2D eigenvalue weighted by molar-refractivity contribution is 0.0635. The highest BCUT2D eigenvalue weighted by molar-refractivity contribution is 5.86. The van der Waals surface area contributed by atoms with E-state index in [0.29, 0.717) is 24.6 Å². The van der Waals surface area contributed by atoms with Gasteiger partial charge in [0.15, 0.2) is 0 Å². The van der Waals surface area contributed by atoms with Crippen LogP contribution in [-0.2, 0) is 22.6 Å². The van der Waals surface area contributed by atoms with E-state index in [2.05, 4.69) is 15.3 Å². The van der Waals surface area contributed by atoms with Crippen molar-refractivity contribution in [2.75, 3.05) is 11.9 Å². The van der Waals surface area contributed by atoms with Gasteiger partial charge in [-0.25, -0.2) is 14.6 Å². The van der Waals surface area contributed by atoms with Crippen LogP contribution in [-0.4, -0.2) is 39.2 Å². The Morgan fingerprint density at radius 3 is 2.35 bits per heavy atom. The lowest BCUT2D eigenvalue weighted by Crippen LogP contribution is -2.32. The first kappa shape index (κ1) is 28.4. The van der Waals surface area contributed by atoms with Crippen molar-refractivity contribution in [3.05, 3.63) is 96.4 Å². The van der Waals surface area contributed by atoms with Crippen molar-refractivity contribution in [3.63, 3.8) is 0 Å². The van der Waals surface area contributed by atoms with Gasteiger partial charge < -0.3 is 19.4 Å². The first-order chi connectivity index (χ1) is 19.2. The van der Waals surface area contributed by atoms with E-state index in [-0.39, 0.29) is 12.7 Å². The molecule has 208 valence electrons. The van der Waals surface area contributed by atoms with Crippen molar-refractivity contribution in [2.24, 2.45) is 0 Å².